The van der Waals surface area contributed by atoms with Gasteiger partial charge in [-0.05, 0) is 0 Å². The quantitative estimate of drug-likeness (QED) is 0.477. The topological polar surface area (TPSA) is 23.8 Å². The highest BCUT2D eigenvalue weighted by molar-refractivity contribution is 6.24. The van der Waals surface area contributed by atoms with Gasteiger partial charge < -0.3 is 0 Å². The van der Waals surface area contributed by atoms with Crippen molar-refractivity contribution in [1.82, 2.24) is 0 Å². The van der Waals surface area contributed by atoms with Crippen LogP contribution in [0.1, 0.15) is 6.42 Å². The highest BCUT2D eigenvalue weighted by Crippen LogP contribution is 2.57. The predicted octanol–water partition coefficient (Wildman–Crippen LogP) is 3.31. The molecular weight excluding hydrogens is 248 g/mol. The summed E-state index contributed by atoms with van der Waals surface area (Å²) in [5.74, 6) is -12.5. The Bertz CT molecular complexity index is 366. The van der Waals surface area contributed by atoms with Gasteiger partial charge in [0.05, 0.1) is 18.1 Å². The molecular formula is C7H2ClF6N. The lowest BCUT2D eigenvalue weighted by atomic mass is 9.90. The first-order chi connectivity index (χ1) is 6.58. The van der Waals surface area contributed by atoms with Crippen molar-refractivity contribution in [3.05, 3.63) is 11.4 Å². The van der Waals surface area contributed by atoms with E-state index in [1.807, 2.05) is 0 Å². The first-order valence-electron chi connectivity index (χ1n) is 3.50. The highest BCUT2D eigenvalue weighted by Gasteiger charge is 2.74. The zero-order valence-corrected chi connectivity index (χ0v) is 7.56. The van der Waals surface area contributed by atoms with Gasteiger partial charge in [-0.2, -0.15) is 14.0 Å². The SMILES string of the molecule is N#CC1=C(F)C(F)(F)C(F)(Cl)C(F)(F)C1. The second kappa shape index (κ2) is 3.04. The number of hydrogen-bond acceptors (Lipinski definition) is 1. The van der Waals surface area contributed by atoms with Crippen LogP contribution in [-0.2, 0) is 0 Å². The maximum Gasteiger partial charge on any atom is 0.352 e. The molecule has 1 atom stereocenters. The number of allylic oxidation sites excluding steroid dienone is 2. The Morgan fingerprint density at radius 2 is 1.67 bits per heavy atom. The number of hydrogen-bond donors (Lipinski definition) is 0. The third kappa shape index (κ3) is 1.39. The van der Waals surface area contributed by atoms with E-state index < -0.39 is 34.8 Å². The lowest BCUT2D eigenvalue weighted by Crippen LogP contribution is -2.56. The highest BCUT2D eigenvalue weighted by atomic mass is 35.5. The van der Waals surface area contributed by atoms with Crippen LogP contribution < -0.4 is 0 Å². The number of nitrogens with zero attached hydrogens (tertiary/aromatic N) is 1. The summed E-state index contributed by atoms with van der Waals surface area (Å²) >= 11 is 4.32. The Labute approximate surface area is 84.9 Å². The van der Waals surface area contributed by atoms with E-state index >= 15 is 0 Å². The van der Waals surface area contributed by atoms with Crippen LogP contribution in [0.15, 0.2) is 11.4 Å². The molecule has 0 aromatic heterocycles. The first-order valence-corrected chi connectivity index (χ1v) is 3.88. The summed E-state index contributed by atoms with van der Waals surface area (Å²) in [5, 5.41) is 3.26. The molecule has 0 amide bonds. The molecule has 1 rings (SSSR count). The van der Waals surface area contributed by atoms with E-state index in [-0.39, 0.29) is 0 Å². The fraction of sp³-hybridized carbons (Fsp3) is 0.571. The van der Waals surface area contributed by atoms with Gasteiger partial charge in [0.25, 0.3) is 0 Å². The molecule has 0 aromatic carbocycles. The smallest absolute Gasteiger partial charge is 0.212 e. The van der Waals surface area contributed by atoms with Gasteiger partial charge >= 0.3 is 17.0 Å². The number of nitriles is 1. The van der Waals surface area contributed by atoms with Crippen molar-refractivity contribution in [1.29, 1.82) is 5.26 Å². The Morgan fingerprint density at radius 1 is 1.20 bits per heavy atom. The number of rotatable bonds is 0. The molecule has 0 heterocycles. The number of halogens is 7. The minimum absolute atomic E-state index is 0.822. The van der Waals surface area contributed by atoms with Crippen LogP contribution in [0.5, 0.6) is 0 Å². The van der Waals surface area contributed by atoms with E-state index in [2.05, 4.69) is 11.6 Å². The Morgan fingerprint density at radius 3 is 2.07 bits per heavy atom. The van der Waals surface area contributed by atoms with Gasteiger partial charge in [-0.3, -0.25) is 0 Å². The van der Waals surface area contributed by atoms with Crippen LogP contribution in [0.2, 0.25) is 0 Å². The maximum absolute atomic E-state index is 12.9. The molecule has 1 nitrogen and oxygen atoms in total. The lowest BCUT2D eigenvalue weighted by molar-refractivity contribution is -0.204. The summed E-state index contributed by atoms with van der Waals surface area (Å²) in [6.45, 7) is 0. The van der Waals surface area contributed by atoms with Crippen molar-refractivity contribution < 1.29 is 26.3 Å². The summed E-state index contributed by atoms with van der Waals surface area (Å²) in [7, 11) is 0. The van der Waals surface area contributed by atoms with Gasteiger partial charge in [0.1, 0.15) is 0 Å². The summed E-state index contributed by atoms with van der Waals surface area (Å²) < 4.78 is 76.6. The average Bonchev–Trinajstić information content (AvgIpc) is 2.10. The van der Waals surface area contributed by atoms with Gasteiger partial charge in [-0.15, -0.1) is 0 Å². The molecule has 0 spiro atoms. The average molecular weight is 250 g/mol. The van der Waals surface area contributed by atoms with Crippen molar-refractivity contribution in [3.63, 3.8) is 0 Å². The molecule has 1 aliphatic rings. The summed E-state index contributed by atoms with van der Waals surface area (Å²) in [6.07, 6.45) is -1.79. The van der Waals surface area contributed by atoms with Crippen LogP contribution in [0, 0.1) is 11.3 Å². The first kappa shape index (κ1) is 12.2. The fourth-order valence-corrected chi connectivity index (χ4v) is 1.21. The molecule has 0 fully saturated rings. The third-order valence-electron chi connectivity index (χ3n) is 1.93. The molecule has 15 heavy (non-hydrogen) atoms. The van der Waals surface area contributed by atoms with Gasteiger partial charge in [-0.1, -0.05) is 11.6 Å². The van der Waals surface area contributed by atoms with Gasteiger partial charge in [0.2, 0.25) is 0 Å². The van der Waals surface area contributed by atoms with Crippen molar-refractivity contribution >= 4 is 11.6 Å². The minimum Gasteiger partial charge on any atom is -0.212 e. The zero-order valence-electron chi connectivity index (χ0n) is 6.80. The third-order valence-corrected chi connectivity index (χ3v) is 2.44. The Hall–Kier alpha value is -0.900. The van der Waals surface area contributed by atoms with E-state index in [1.165, 1.54) is 0 Å². The van der Waals surface area contributed by atoms with Gasteiger partial charge in [-0.25, -0.2) is 17.6 Å². The van der Waals surface area contributed by atoms with Crippen molar-refractivity contribution in [2.24, 2.45) is 0 Å². The van der Waals surface area contributed by atoms with Crippen molar-refractivity contribution in [2.45, 2.75) is 23.4 Å². The van der Waals surface area contributed by atoms with Crippen LogP contribution >= 0.6 is 11.6 Å². The summed E-state index contributed by atoms with van der Waals surface area (Å²) in [6, 6.07) is 0.822. The fourth-order valence-electron chi connectivity index (χ4n) is 1.06. The monoisotopic (exact) mass is 249 g/mol. The van der Waals surface area contributed by atoms with Crippen LogP contribution in [0.3, 0.4) is 0 Å². The second-order valence-electron chi connectivity index (χ2n) is 2.93. The van der Waals surface area contributed by atoms with Crippen LogP contribution in [0.25, 0.3) is 0 Å². The standard InChI is InChI=1S/C7H2ClF6N/c8-7(14)5(10,11)1-3(2-15)4(9)6(7,12)13/h1H2. The van der Waals surface area contributed by atoms with E-state index in [0.29, 0.717) is 0 Å². The van der Waals surface area contributed by atoms with E-state index in [9.17, 15) is 26.3 Å². The van der Waals surface area contributed by atoms with Gasteiger partial charge in [0.15, 0.2) is 5.83 Å². The van der Waals surface area contributed by atoms with Crippen molar-refractivity contribution in [3.8, 4) is 6.07 Å². The summed E-state index contributed by atoms with van der Waals surface area (Å²) in [4.78, 5) is 0. The molecule has 0 bridgehead atoms. The Kier molecular flexibility index (Phi) is 2.47. The number of alkyl halides is 6. The lowest BCUT2D eigenvalue weighted by Gasteiger charge is -2.37. The van der Waals surface area contributed by atoms with Crippen molar-refractivity contribution in [2.75, 3.05) is 0 Å². The molecule has 0 saturated heterocycles. The molecule has 8 heteroatoms. The molecule has 84 valence electrons. The van der Waals surface area contributed by atoms with E-state index in [1.54, 1.807) is 0 Å². The largest absolute Gasteiger partial charge is 0.352 e. The predicted molar refractivity (Wildman–Crippen MR) is 38.0 cm³/mol. The van der Waals surface area contributed by atoms with Gasteiger partial charge in [0, 0.05) is 0 Å². The van der Waals surface area contributed by atoms with Crippen LogP contribution in [-0.4, -0.2) is 17.0 Å². The Balaban J connectivity index is 3.44. The van der Waals surface area contributed by atoms with E-state index in [4.69, 9.17) is 5.26 Å². The molecule has 0 radical (unpaired) electrons. The zero-order chi connectivity index (χ0) is 12.1. The minimum atomic E-state index is -5.22. The molecule has 1 aliphatic carbocycles. The maximum atomic E-state index is 12.9. The second-order valence-corrected chi connectivity index (χ2v) is 3.46. The van der Waals surface area contributed by atoms with E-state index in [0.717, 1.165) is 6.07 Å². The molecule has 1 unspecified atom stereocenters. The molecule has 0 aromatic rings. The normalized spacial score (nSPS) is 33.7. The molecule has 0 saturated carbocycles. The molecule has 0 N–H and O–H groups in total. The summed E-state index contributed by atoms with van der Waals surface area (Å²) in [5.41, 5.74) is -1.50. The molecule has 0 aliphatic heterocycles. The van der Waals surface area contributed by atoms with Crippen LogP contribution in [0.4, 0.5) is 26.3 Å².